The van der Waals surface area contributed by atoms with E-state index in [4.69, 9.17) is 5.73 Å². The van der Waals surface area contributed by atoms with E-state index >= 15 is 0 Å². The molecule has 1 unspecified atom stereocenters. The van der Waals surface area contributed by atoms with E-state index in [0.717, 1.165) is 22.5 Å². The average molecular weight is 380 g/mol. The van der Waals surface area contributed by atoms with Crippen molar-refractivity contribution in [3.63, 3.8) is 0 Å². The van der Waals surface area contributed by atoms with Crippen LogP contribution in [0.2, 0.25) is 0 Å². The Morgan fingerprint density at radius 1 is 1.29 bits per heavy atom. The molecule has 28 heavy (non-hydrogen) atoms. The molecule has 1 amide bonds. The number of fused-ring (bicyclic) bond motifs is 2. The first-order valence-electron chi connectivity index (χ1n) is 9.57. The molecule has 2 aliphatic heterocycles. The lowest BCUT2D eigenvalue weighted by atomic mass is 9.95. The van der Waals surface area contributed by atoms with Gasteiger partial charge in [-0.2, -0.15) is 0 Å². The standard InChI is InChI=1S/C22H25FN4O/c1-26(2)17-10-15-9-16(23)7-8-21(15)27(13-17)22(28)19(24)11-20-18-6-4-3-5-14(18)12-25-20/h3-9,17,19H,10-13,24H2,1-2H3/t17?,19-/m1/s1. The molecule has 2 aromatic carbocycles. The molecule has 2 aromatic rings. The number of aliphatic imine (C=N–C) groups is 1. The number of carbonyl (C=O) groups excluding carboxylic acids is 1. The lowest BCUT2D eigenvalue weighted by Gasteiger charge is -2.38. The van der Waals surface area contributed by atoms with Gasteiger partial charge in [0.05, 0.1) is 12.6 Å². The summed E-state index contributed by atoms with van der Waals surface area (Å²) in [6, 6.07) is 12.1. The Kier molecular flexibility index (Phi) is 5.00. The number of anilines is 1. The number of carbonyl (C=O) groups is 1. The van der Waals surface area contributed by atoms with Crippen molar-refractivity contribution in [3.05, 3.63) is 65.0 Å². The van der Waals surface area contributed by atoms with Gasteiger partial charge in [0.15, 0.2) is 0 Å². The number of hydrogen-bond donors (Lipinski definition) is 1. The van der Waals surface area contributed by atoms with Crippen LogP contribution in [0, 0.1) is 5.82 Å². The maximum absolute atomic E-state index is 13.8. The summed E-state index contributed by atoms with van der Waals surface area (Å²) in [5.41, 5.74) is 11.1. The normalized spacial score (nSPS) is 19.2. The quantitative estimate of drug-likeness (QED) is 0.886. The van der Waals surface area contributed by atoms with Crippen LogP contribution < -0.4 is 10.6 Å². The fraction of sp³-hybridized carbons (Fsp3) is 0.364. The van der Waals surface area contributed by atoms with Crippen LogP contribution in [-0.2, 0) is 17.8 Å². The van der Waals surface area contributed by atoms with E-state index in [1.807, 2.05) is 32.3 Å². The van der Waals surface area contributed by atoms with E-state index in [9.17, 15) is 9.18 Å². The molecular formula is C22H25FN4O. The Morgan fingerprint density at radius 3 is 2.86 bits per heavy atom. The molecule has 0 aliphatic carbocycles. The Labute approximate surface area is 164 Å². The van der Waals surface area contributed by atoms with Crippen LogP contribution in [0.1, 0.15) is 23.1 Å². The Morgan fingerprint density at radius 2 is 2.07 bits per heavy atom. The summed E-state index contributed by atoms with van der Waals surface area (Å²) in [4.78, 5) is 21.6. The maximum Gasteiger partial charge on any atom is 0.244 e. The van der Waals surface area contributed by atoms with Gasteiger partial charge in [0.2, 0.25) is 5.91 Å². The second kappa shape index (κ2) is 7.45. The first kappa shape index (κ1) is 18.8. The zero-order valence-corrected chi connectivity index (χ0v) is 16.2. The second-order valence-corrected chi connectivity index (χ2v) is 7.77. The van der Waals surface area contributed by atoms with Crippen molar-refractivity contribution in [2.75, 3.05) is 25.5 Å². The third-order valence-corrected chi connectivity index (χ3v) is 5.68. The highest BCUT2D eigenvalue weighted by Crippen LogP contribution is 2.30. The topological polar surface area (TPSA) is 61.9 Å². The number of benzene rings is 2. The zero-order valence-electron chi connectivity index (χ0n) is 16.2. The summed E-state index contributed by atoms with van der Waals surface area (Å²) < 4.78 is 13.8. The zero-order chi connectivity index (χ0) is 19.8. The number of likely N-dealkylation sites (N-methyl/N-ethyl adjacent to an activating group) is 1. The van der Waals surface area contributed by atoms with Gasteiger partial charge in [-0.25, -0.2) is 4.39 Å². The van der Waals surface area contributed by atoms with Crippen molar-refractivity contribution in [3.8, 4) is 0 Å². The fourth-order valence-corrected chi connectivity index (χ4v) is 4.04. The summed E-state index contributed by atoms with van der Waals surface area (Å²) >= 11 is 0. The molecule has 0 aromatic heterocycles. The maximum atomic E-state index is 13.8. The molecule has 0 saturated carbocycles. The molecule has 0 radical (unpaired) electrons. The molecule has 0 saturated heterocycles. The van der Waals surface area contributed by atoms with Crippen molar-refractivity contribution in [2.24, 2.45) is 10.7 Å². The van der Waals surface area contributed by atoms with E-state index in [2.05, 4.69) is 16.0 Å². The highest BCUT2D eigenvalue weighted by atomic mass is 19.1. The third-order valence-electron chi connectivity index (χ3n) is 5.68. The van der Waals surface area contributed by atoms with Gasteiger partial charge in [-0.15, -0.1) is 0 Å². The van der Waals surface area contributed by atoms with E-state index in [1.165, 1.54) is 17.7 Å². The van der Waals surface area contributed by atoms with Gasteiger partial charge in [0.25, 0.3) is 0 Å². The van der Waals surface area contributed by atoms with Gasteiger partial charge in [0, 0.05) is 36.0 Å². The molecule has 2 aliphatic rings. The highest BCUT2D eigenvalue weighted by Gasteiger charge is 2.33. The number of hydrogen-bond acceptors (Lipinski definition) is 4. The molecule has 146 valence electrons. The predicted octanol–water partition coefficient (Wildman–Crippen LogP) is 2.37. The summed E-state index contributed by atoms with van der Waals surface area (Å²) in [6.07, 6.45) is 1.11. The summed E-state index contributed by atoms with van der Waals surface area (Å²) in [5, 5.41) is 0. The number of nitrogens with zero attached hydrogens (tertiary/aromatic N) is 3. The second-order valence-electron chi connectivity index (χ2n) is 7.77. The van der Waals surface area contributed by atoms with Gasteiger partial charge in [0.1, 0.15) is 5.82 Å². The molecule has 6 heteroatoms. The van der Waals surface area contributed by atoms with Gasteiger partial charge in [-0.05, 0) is 49.8 Å². The Hall–Kier alpha value is -2.57. The number of amides is 1. The Balaban J connectivity index is 1.57. The SMILES string of the molecule is CN(C)C1Cc2cc(F)ccc2N(C(=O)[C@H](N)CC2=NCc3ccccc32)C1. The van der Waals surface area contributed by atoms with Crippen LogP contribution in [0.15, 0.2) is 47.5 Å². The van der Waals surface area contributed by atoms with Crippen LogP contribution in [0.3, 0.4) is 0 Å². The molecule has 4 rings (SSSR count). The van der Waals surface area contributed by atoms with Crippen LogP contribution >= 0.6 is 0 Å². The van der Waals surface area contributed by atoms with Gasteiger partial charge in [-0.1, -0.05) is 24.3 Å². The minimum absolute atomic E-state index is 0.120. The van der Waals surface area contributed by atoms with Crippen LogP contribution in [0.5, 0.6) is 0 Å². The van der Waals surface area contributed by atoms with Crippen LogP contribution in [-0.4, -0.2) is 49.2 Å². The van der Waals surface area contributed by atoms with E-state index < -0.39 is 6.04 Å². The third kappa shape index (κ3) is 3.45. The lowest BCUT2D eigenvalue weighted by Crippen LogP contribution is -2.53. The molecule has 5 nitrogen and oxygen atoms in total. The highest BCUT2D eigenvalue weighted by molar-refractivity contribution is 6.08. The molecule has 0 spiro atoms. The Bertz CT molecular complexity index is 940. The first-order chi connectivity index (χ1) is 13.4. The minimum atomic E-state index is -0.691. The predicted molar refractivity (Wildman–Crippen MR) is 109 cm³/mol. The van der Waals surface area contributed by atoms with Gasteiger partial charge < -0.3 is 15.5 Å². The largest absolute Gasteiger partial charge is 0.320 e. The molecular weight excluding hydrogens is 355 g/mol. The van der Waals surface area contributed by atoms with Gasteiger partial charge >= 0.3 is 0 Å². The number of nitrogens with two attached hydrogens (primary N) is 1. The van der Waals surface area contributed by atoms with Crippen molar-refractivity contribution in [2.45, 2.75) is 31.5 Å². The fourth-order valence-electron chi connectivity index (χ4n) is 4.04. The minimum Gasteiger partial charge on any atom is -0.320 e. The van der Waals surface area contributed by atoms with Gasteiger partial charge in [-0.3, -0.25) is 9.79 Å². The van der Waals surface area contributed by atoms with Crippen molar-refractivity contribution >= 4 is 17.3 Å². The molecule has 2 heterocycles. The van der Waals surface area contributed by atoms with Crippen LogP contribution in [0.4, 0.5) is 10.1 Å². The van der Waals surface area contributed by atoms with Crippen molar-refractivity contribution in [1.82, 2.24) is 4.90 Å². The lowest BCUT2D eigenvalue weighted by molar-refractivity contribution is -0.120. The first-order valence-corrected chi connectivity index (χ1v) is 9.57. The van der Waals surface area contributed by atoms with Crippen LogP contribution in [0.25, 0.3) is 0 Å². The molecule has 2 atom stereocenters. The van der Waals surface area contributed by atoms with E-state index in [-0.39, 0.29) is 17.8 Å². The van der Waals surface area contributed by atoms with Crippen molar-refractivity contribution in [1.29, 1.82) is 0 Å². The smallest absolute Gasteiger partial charge is 0.244 e. The van der Waals surface area contributed by atoms with E-state index in [0.29, 0.717) is 25.9 Å². The molecule has 2 N–H and O–H groups in total. The summed E-state index contributed by atoms with van der Waals surface area (Å²) in [7, 11) is 3.95. The monoisotopic (exact) mass is 380 g/mol. The molecule has 0 bridgehead atoms. The number of halogens is 1. The number of rotatable bonds is 4. The summed E-state index contributed by atoms with van der Waals surface area (Å²) in [5.74, 6) is -0.432. The average Bonchev–Trinajstić information content (AvgIpc) is 3.09. The van der Waals surface area contributed by atoms with E-state index in [1.54, 1.807) is 11.0 Å². The summed E-state index contributed by atoms with van der Waals surface area (Å²) in [6.45, 7) is 1.18. The van der Waals surface area contributed by atoms with Crippen molar-refractivity contribution < 1.29 is 9.18 Å². The molecule has 0 fully saturated rings.